The number of carbonyl (C=O) groups excluding carboxylic acids is 2. The van der Waals surface area contributed by atoms with Crippen LogP contribution in [-0.4, -0.2) is 35.3 Å². The van der Waals surface area contributed by atoms with Crippen molar-refractivity contribution >= 4 is 45.4 Å². The fraction of sp³-hybridized carbons (Fsp3) is 0.154. The first-order chi connectivity index (χ1) is 16.0. The number of anilines is 1. The third-order valence-electron chi connectivity index (χ3n) is 5.33. The van der Waals surface area contributed by atoms with Crippen molar-refractivity contribution in [2.24, 2.45) is 0 Å². The number of phenolic OH excluding ortho intramolecular Hbond substituents is 1. The Balaban J connectivity index is 1.39. The topological polar surface area (TPSA) is 89.8 Å². The van der Waals surface area contributed by atoms with Crippen LogP contribution in [-0.2, 0) is 20.9 Å². The molecule has 1 aromatic heterocycles. The quantitative estimate of drug-likeness (QED) is 0.318. The molecule has 0 aliphatic carbocycles. The van der Waals surface area contributed by atoms with Crippen LogP contribution in [0.4, 0.5) is 5.69 Å². The van der Waals surface area contributed by atoms with Crippen molar-refractivity contribution in [3.8, 4) is 11.5 Å². The summed E-state index contributed by atoms with van der Waals surface area (Å²) in [5, 5.41) is 14.6. The van der Waals surface area contributed by atoms with Gasteiger partial charge < -0.3 is 24.5 Å². The molecule has 33 heavy (non-hydrogen) atoms. The molecule has 0 fully saturated rings. The number of hydrogen-bond donors (Lipinski definition) is 2. The number of methoxy groups -OCH3 is 1. The molecule has 0 spiro atoms. The summed E-state index contributed by atoms with van der Waals surface area (Å²) in [4.78, 5) is 24.3. The molecule has 0 saturated heterocycles. The first-order valence-electron chi connectivity index (χ1n) is 10.5. The van der Waals surface area contributed by atoms with Crippen molar-refractivity contribution in [1.82, 2.24) is 4.57 Å². The summed E-state index contributed by atoms with van der Waals surface area (Å²) in [5.41, 5.74) is 3.52. The fourth-order valence-electron chi connectivity index (χ4n) is 3.82. The van der Waals surface area contributed by atoms with Crippen LogP contribution in [0.25, 0.3) is 27.9 Å². The van der Waals surface area contributed by atoms with Crippen LogP contribution in [0.15, 0.2) is 66.7 Å². The second-order valence-electron chi connectivity index (χ2n) is 7.41. The van der Waals surface area contributed by atoms with E-state index in [1.807, 2.05) is 30.3 Å². The number of amides is 1. The van der Waals surface area contributed by atoms with Crippen molar-refractivity contribution in [3.63, 3.8) is 0 Å². The number of aromatic hydroxyl groups is 1. The van der Waals surface area contributed by atoms with E-state index < -0.39 is 18.5 Å². The van der Waals surface area contributed by atoms with Gasteiger partial charge in [0.25, 0.3) is 5.91 Å². The van der Waals surface area contributed by atoms with E-state index in [1.54, 1.807) is 12.1 Å². The van der Waals surface area contributed by atoms with Gasteiger partial charge in [0.05, 0.1) is 7.11 Å². The summed E-state index contributed by atoms with van der Waals surface area (Å²) in [7, 11) is 1.44. The predicted octanol–water partition coefficient (Wildman–Crippen LogP) is 4.72. The molecule has 0 unspecified atom stereocenters. The van der Waals surface area contributed by atoms with E-state index in [2.05, 4.69) is 28.9 Å². The number of phenols is 1. The summed E-state index contributed by atoms with van der Waals surface area (Å²) < 4.78 is 12.3. The Morgan fingerprint density at radius 1 is 1.03 bits per heavy atom. The predicted molar refractivity (Wildman–Crippen MR) is 128 cm³/mol. The molecule has 1 amide bonds. The van der Waals surface area contributed by atoms with E-state index in [0.717, 1.165) is 28.4 Å². The number of carbonyl (C=O) groups is 2. The third kappa shape index (κ3) is 4.67. The maximum absolute atomic E-state index is 12.3. The van der Waals surface area contributed by atoms with Crippen molar-refractivity contribution in [3.05, 3.63) is 72.3 Å². The lowest BCUT2D eigenvalue weighted by Crippen LogP contribution is -2.20. The van der Waals surface area contributed by atoms with Gasteiger partial charge in [-0.15, -0.1) is 0 Å². The molecule has 3 aromatic carbocycles. The minimum Gasteiger partial charge on any atom is -0.504 e. The van der Waals surface area contributed by atoms with Gasteiger partial charge in [-0.1, -0.05) is 24.3 Å². The van der Waals surface area contributed by atoms with E-state index in [0.29, 0.717) is 17.0 Å². The second-order valence-corrected chi connectivity index (χ2v) is 7.41. The van der Waals surface area contributed by atoms with Gasteiger partial charge >= 0.3 is 5.97 Å². The number of aromatic nitrogens is 1. The zero-order valence-electron chi connectivity index (χ0n) is 18.4. The number of esters is 1. The van der Waals surface area contributed by atoms with Crippen LogP contribution in [0.2, 0.25) is 0 Å². The van der Waals surface area contributed by atoms with Gasteiger partial charge in [-0.05, 0) is 55.0 Å². The molecule has 0 atom stereocenters. The summed E-state index contributed by atoms with van der Waals surface area (Å²) >= 11 is 0. The highest BCUT2D eigenvalue weighted by atomic mass is 16.5. The van der Waals surface area contributed by atoms with E-state index in [-0.39, 0.29) is 5.75 Å². The lowest BCUT2D eigenvalue weighted by atomic mass is 10.1. The summed E-state index contributed by atoms with van der Waals surface area (Å²) in [6.07, 6.45) is 2.73. The van der Waals surface area contributed by atoms with Crippen molar-refractivity contribution < 1.29 is 24.2 Å². The Labute approximate surface area is 190 Å². The lowest BCUT2D eigenvalue weighted by Gasteiger charge is -2.07. The molecule has 4 rings (SSSR count). The zero-order valence-corrected chi connectivity index (χ0v) is 18.4. The number of rotatable bonds is 7. The van der Waals surface area contributed by atoms with Gasteiger partial charge in [0, 0.05) is 40.1 Å². The Kier molecular flexibility index (Phi) is 6.31. The molecular formula is C26H24N2O5. The minimum atomic E-state index is -0.654. The standard InChI is InChI=1S/C26H24N2O5/c1-3-28-21-7-5-4-6-19(21)20-15-18(10-11-22(20)28)27-25(30)16-33-26(31)13-9-17-8-12-23(29)24(14-17)32-2/h4-15,29H,3,16H2,1-2H3,(H,27,30)/b13-9+. The van der Waals surface area contributed by atoms with Crippen molar-refractivity contribution in [1.29, 1.82) is 0 Å². The van der Waals surface area contributed by atoms with Crippen molar-refractivity contribution in [2.45, 2.75) is 13.5 Å². The normalized spacial score (nSPS) is 11.2. The average molecular weight is 444 g/mol. The number of para-hydroxylation sites is 1. The van der Waals surface area contributed by atoms with E-state index in [4.69, 9.17) is 9.47 Å². The molecule has 0 radical (unpaired) electrons. The molecule has 0 bridgehead atoms. The molecule has 7 heteroatoms. The molecule has 168 valence electrons. The number of nitrogens with zero attached hydrogens (tertiary/aromatic N) is 1. The van der Waals surface area contributed by atoms with Crippen LogP contribution in [0.3, 0.4) is 0 Å². The van der Waals surface area contributed by atoms with E-state index in [1.165, 1.54) is 25.3 Å². The maximum Gasteiger partial charge on any atom is 0.331 e. The molecule has 7 nitrogen and oxygen atoms in total. The number of benzene rings is 3. The van der Waals surface area contributed by atoms with Gasteiger partial charge in [-0.2, -0.15) is 0 Å². The Bertz CT molecular complexity index is 1370. The van der Waals surface area contributed by atoms with Crippen LogP contribution < -0.4 is 10.1 Å². The monoisotopic (exact) mass is 444 g/mol. The molecule has 4 aromatic rings. The smallest absolute Gasteiger partial charge is 0.331 e. The van der Waals surface area contributed by atoms with Gasteiger partial charge in [0.2, 0.25) is 0 Å². The summed E-state index contributed by atoms with van der Waals surface area (Å²) in [5.74, 6) is -0.782. The van der Waals surface area contributed by atoms with Crippen molar-refractivity contribution in [2.75, 3.05) is 19.0 Å². The maximum atomic E-state index is 12.3. The second kappa shape index (κ2) is 9.48. The molecule has 0 saturated carbocycles. The van der Waals surface area contributed by atoms with Gasteiger partial charge in [0.1, 0.15) is 0 Å². The van der Waals surface area contributed by atoms with Crippen LogP contribution in [0.1, 0.15) is 12.5 Å². The zero-order chi connectivity index (χ0) is 23.4. The number of hydrogen-bond acceptors (Lipinski definition) is 5. The number of nitrogens with one attached hydrogen (secondary N) is 1. The van der Waals surface area contributed by atoms with Crippen LogP contribution >= 0.6 is 0 Å². The van der Waals surface area contributed by atoms with Gasteiger partial charge in [-0.25, -0.2) is 4.79 Å². The third-order valence-corrected chi connectivity index (χ3v) is 5.33. The van der Waals surface area contributed by atoms with Crippen LogP contribution in [0.5, 0.6) is 11.5 Å². The summed E-state index contributed by atoms with van der Waals surface area (Å²) in [6.45, 7) is 2.54. The first-order valence-corrected chi connectivity index (χ1v) is 10.5. The average Bonchev–Trinajstić information content (AvgIpc) is 3.15. The van der Waals surface area contributed by atoms with Gasteiger partial charge in [0.15, 0.2) is 18.1 Å². The van der Waals surface area contributed by atoms with E-state index >= 15 is 0 Å². The number of aryl methyl sites for hydroxylation is 1. The molecule has 0 aliphatic heterocycles. The highest BCUT2D eigenvalue weighted by molar-refractivity contribution is 6.10. The number of ether oxygens (including phenoxy) is 2. The Morgan fingerprint density at radius 3 is 2.61 bits per heavy atom. The SMILES string of the molecule is CCn1c2ccccc2c2cc(NC(=O)COC(=O)/C=C/c3ccc(O)c(OC)c3)ccc21. The molecular weight excluding hydrogens is 420 g/mol. The van der Waals surface area contributed by atoms with Gasteiger partial charge in [-0.3, -0.25) is 4.79 Å². The first kappa shape index (κ1) is 22.0. The minimum absolute atomic E-state index is 0.00587. The molecule has 0 aliphatic rings. The number of fused-ring (bicyclic) bond motifs is 3. The lowest BCUT2D eigenvalue weighted by molar-refractivity contribution is -0.142. The highest BCUT2D eigenvalue weighted by Gasteiger charge is 2.11. The fourth-order valence-corrected chi connectivity index (χ4v) is 3.82. The Hall–Kier alpha value is -4.26. The van der Waals surface area contributed by atoms with E-state index in [9.17, 15) is 14.7 Å². The molecule has 2 N–H and O–H groups in total. The summed E-state index contributed by atoms with van der Waals surface area (Å²) in [6, 6.07) is 18.6. The Morgan fingerprint density at radius 2 is 1.82 bits per heavy atom. The highest BCUT2D eigenvalue weighted by Crippen LogP contribution is 2.31. The van der Waals surface area contributed by atoms with Crippen LogP contribution in [0, 0.1) is 0 Å². The molecule has 1 heterocycles. The largest absolute Gasteiger partial charge is 0.504 e.